The molecular formula is C14H26N2O2. The van der Waals surface area contributed by atoms with Crippen molar-refractivity contribution in [2.75, 3.05) is 20.3 Å². The van der Waals surface area contributed by atoms with E-state index in [0.29, 0.717) is 5.92 Å². The van der Waals surface area contributed by atoms with Crippen molar-refractivity contribution in [1.82, 2.24) is 10.2 Å². The van der Waals surface area contributed by atoms with Crippen molar-refractivity contribution in [2.24, 2.45) is 5.92 Å². The van der Waals surface area contributed by atoms with Crippen LogP contribution in [0.2, 0.25) is 0 Å². The maximum atomic E-state index is 12.2. The Morgan fingerprint density at radius 1 is 1.33 bits per heavy atom. The second kappa shape index (κ2) is 6.53. The zero-order valence-corrected chi connectivity index (χ0v) is 11.7. The van der Waals surface area contributed by atoms with Crippen molar-refractivity contribution in [3.63, 3.8) is 0 Å². The molecule has 1 aliphatic heterocycles. The number of unbranched alkanes of at least 4 members (excludes halogenated alkanes) is 1. The molecular weight excluding hydrogens is 228 g/mol. The second-order valence-corrected chi connectivity index (χ2v) is 5.61. The van der Waals surface area contributed by atoms with Crippen LogP contribution in [0.3, 0.4) is 0 Å². The van der Waals surface area contributed by atoms with Crippen molar-refractivity contribution in [3.05, 3.63) is 0 Å². The first-order chi connectivity index (χ1) is 8.74. The summed E-state index contributed by atoms with van der Waals surface area (Å²) in [7, 11) is 1.73. The summed E-state index contributed by atoms with van der Waals surface area (Å²) in [5.41, 5.74) is 0. The fourth-order valence-corrected chi connectivity index (χ4v) is 3.24. The molecule has 0 aromatic rings. The third-order valence-electron chi connectivity index (χ3n) is 4.25. The standard InChI is InChI=1S/C14H26N2O2/c1-11-14(17)16(9-5-6-10-18-2)13(15-11)12-7-3-4-8-12/h11-13,15H,3-10H2,1-2H3. The van der Waals surface area contributed by atoms with Gasteiger partial charge in [0, 0.05) is 20.3 Å². The molecule has 0 radical (unpaired) electrons. The van der Waals surface area contributed by atoms with Crippen molar-refractivity contribution < 1.29 is 9.53 Å². The molecule has 4 heteroatoms. The number of amides is 1. The van der Waals surface area contributed by atoms with E-state index in [9.17, 15) is 4.79 Å². The lowest BCUT2D eigenvalue weighted by atomic mass is 10.0. The molecule has 2 fully saturated rings. The molecule has 0 aromatic carbocycles. The number of nitrogens with one attached hydrogen (secondary N) is 1. The van der Waals surface area contributed by atoms with Crippen LogP contribution in [0.4, 0.5) is 0 Å². The Labute approximate surface area is 110 Å². The molecule has 2 aliphatic rings. The molecule has 1 saturated carbocycles. The van der Waals surface area contributed by atoms with Gasteiger partial charge in [-0.1, -0.05) is 12.8 Å². The Bertz CT molecular complexity index is 277. The zero-order valence-electron chi connectivity index (χ0n) is 11.7. The summed E-state index contributed by atoms with van der Waals surface area (Å²) in [6.45, 7) is 3.65. The van der Waals surface area contributed by atoms with E-state index in [1.54, 1.807) is 7.11 Å². The van der Waals surface area contributed by atoms with Gasteiger partial charge in [-0.3, -0.25) is 10.1 Å². The van der Waals surface area contributed by atoms with Crippen LogP contribution >= 0.6 is 0 Å². The van der Waals surface area contributed by atoms with E-state index < -0.39 is 0 Å². The van der Waals surface area contributed by atoms with Crippen LogP contribution in [0.15, 0.2) is 0 Å². The van der Waals surface area contributed by atoms with Crippen molar-refractivity contribution >= 4 is 5.91 Å². The molecule has 1 N–H and O–H groups in total. The molecule has 2 rings (SSSR count). The highest BCUT2D eigenvalue weighted by Crippen LogP contribution is 2.32. The van der Waals surface area contributed by atoms with E-state index in [-0.39, 0.29) is 18.1 Å². The summed E-state index contributed by atoms with van der Waals surface area (Å²) in [4.78, 5) is 14.2. The minimum Gasteiger partial charge on any atom is -0.385 e. The van der Waals surface area contributed by atoms with E-state index in [2.05, 4.69) is 10.2 Å². The highest BCUT2D eigenvalue weighted by molar-refractivity contribution is 5.83. The predicted octanol–water partition coefficient (Wildman–Crippen LogP) is 1.75. The predicted molar refractivity (Wildman–Crippen MR) is 71.2 cm³/mol. The van der Waals surface area contributed by atoms with Crippen LogP contribution in [0, 0.1) is 5.92 Å². The summed E-state index contributed by atoms with van der Waals surface area (Å²) in [6, 6.07) is -0.00183. The van der Waals surface area contributed by atoms with Gasteiger partial charge in [-0.2, -0.15) is 0 Å². The number of ether oxygens (including phenoxy) is 1. The molecule has 104 valence electrons. The average Bonchev–Trinajstić information content (AvgIpc) is 2.97. The highest BCUT2D eigenvalue weighted by Gasteiger charge is 2.40. The fourth-order valence-electron chi connectivity index (χ4n) is 3.24. The molecule has 2 atom stereocenters. The van der Waals surface area contributed by atoms with E-state index in [4.69, 9.17) is 4.74 Å². The number of methoxy groups -OCH3 is 1. The minimum absolute atomic E-state index is 0.00183. The van der Waals surface area contributed by atoms with Crippen molar-refractivity contribution in [2.45, 2.75) is 57.7 Å². The second-order valence-electron chi connectivity index (χ2n) is 5.61. The number of carbonyl (C=O) groups excluding carboxylic acids is 1. The maximum Gasteiger partial charge on any atom is 0.240 e. The Morgan fingerprint density at radius 3 is 2.72 bits per heavy atom. The number of hydrogen-bond donors (Lipinski definition) is 1. The van der Waals surface area contributed by atoms with Gasteiger partial charge in [-0.05, 0) is 38.5 Å². The summed E-state index contributed by atoms with van der Waals surface area (Å²) in [5, 5.41) is 3.48. The van der Waals surface area contributed by atoms with E-state index >= 15 is 0 Å². The third-order valence-corrected chi connectivity index (χ3v) is 4.25. The quantitative estimate of drug-likeness (QED) is 0.734. The van der Waals surface area contributed by atoms with Gasteiger partial charge in [0.2, 0.25) is 5.91 Å². The normalized spacial score (nSPS) is 29.4. The smallest absolute Gasteiger partial charge is 0.240 e. The first-order valence-electron chi connectivity index (χ1n) is 7.29. The maximum absolute atomic E-state index is 12.2. The average molecular weight is 254 g/mol. The topological polar surface area (TPSA) is 41.6 Å². The lowest BCUT2D eigenvalue weighted by Gasteiger charge is -2.29. The van der Waals surface area contributed by atoms with Crippen LogP contribution in [0.5, 0.6) is 0 Å². The van der Waals surface area contributed by atoms with E-state index in [0.717, 1.165) is 26.0 Å². The van der Waals surface area contributed by atoms with Gasteiger partial charge in [-0.25, -0.2) is 0 Å². The van der Waals surface area contributed by atoms with Gasteiger partial charge >= 0.3 is 0 Å². The zero-order chi connectivity index (χ0) is 13.0. The van der Waals surface area contributed by atoms with Crippen LogP contribution < -0.4 is 5.32 Å². The van der Waals surface area contributed by atoms with Gasteiger partial charge in [0.05, 0.1) is 12.2 Å². The molecule has 1 amide bonds. The Kier molecular flexibility index (Phi) is 5.01. The Hall–Kier alpha value is -0.610. The van der Waals surface area contributed by atoms with Gasteiger partial charge in [0.1, 0.15) is 0 Å². The molecule has 1 aliphatic carbocycles. The van der Waals surface area contributed by atoms with E-state index in [1.165, 1.54) is 25.7 Å². The summed E-state index contributed by atoms with van der Waals surface area (Å²) in [6.07, 6.45) is 7.55. The number of hydrogen-bond acceptors (Lipinski definition) is 3. The first kappa shape index (κ1) is 13.8. The molecule has 4 nitrogen and oxygen atoms in total. The van der Waals surface area contributed by atoms with Gasteiger partial charge in [0.15, 0.2) is 0 Å². The lowest BCUT2D eigenvalue weighted by Crippen LogP contribution is -2.43. The van der Waals surface area contributed by atoms with Crippen LogP contribution in [-0.4, -0.2) is 43.3 Å². The van der Waals surface area contributed by atoms with Crippen LogP contribution in [0.1, 0.15) is 45.4 Å². The van der Waals surface area contributed by atoms with Crippen molar-refractivity contribution in [1.29, 1.82) is 0 Å². The Balaban J connectivity index is 1.88. The van der Waals surface area contributed by atoms with Gasteiger partial charge < -0.3 is 9.64 Å². The number of rotatable bonds is 6. The lowest BCUT2D eigenvalue weighted by molar-refractivity contribution is -0.130. The summed E-state index contributed by atoms with van der Waals surface area (Å²) >= 11 is 0. The van der Waals surface area contributed by atoms with E-state index in [1.807, 2.05) is 6.92 Å². The van der Waals surface area contributed by atoms with Gasteiger partial charge in [0.25, 0.3) is 0 Å². The molecule has 18 heavy (non-hydrogen) atoms. The molecule has 1 saturated heterocycles. The highest BCUT2D eigenvalue weighted by atomic mass is 16.5. The molecule has 0 aromatic heterocycles. The number of carbonyl (C=O) groups is 1. The summed E-state index contributed by atoms with van der Waals surface area (Å²) in [5.74, 6) is 0.950. The summed E-state index contributed by atoms with van der Waals surface area (Å²) < 4.78 is 5.06. The first-order valence-corrected chi connectivity index (χ1v) is 7.29. The third kappa shape index (κ3) is 3.04. The monoisotopic (exact) mass is 254 g/mol. The van der Waals surface area contributed by atoms with Crippen LogP contribution in [-0.2, 0) is 9.53 Å². The SMILES string of the molecule is COCCCCN1C(=O)C(C)NC1C1CCCC1. The minimum atomic E-state index is -0.00183. The fraction of sp³-hybridized carbons (Fsp3) is 0.929. The van der Waals surface area contributed by atoms with Crippen molar-refractivity contribution in [3.8, 4) is 0 Å². The molecule has 2 unspecified atom stereocenters. The van der Waals surface area contributed by atoms with Crippen LogP contribution in [0.25, 0.3) is 0 Å². The molecule has 1 heterocycles. The Morgan fingerprint density at radius 2 is 2.06 bits per heavy atom. The largest absolute Gasteiger partial charge is 0.385 e. The number of nitrogens with zero attached hydrogens (tertiary/aromatic N) is 1. The molecule has 0 spiro atoms. The van der Waals surface area contributed by atoms with Gasteiger partial charge in [-0.15, -0.1) is 0 Å². The molecule has 0 bridgehead atoms.